The number of pyridine rings is 1. The highest BCUT2D eigenvalue weighted by Gasteiger charge is 2.14. The summed E-state index contributed by atoms with van der Waals surface area (Å²) in [6, 6.07) is 1.33. The second-order valence-corrected chi connectivity index (χ2v) is 6.84. The molecule has 0 saturated heterocycles. The summed E-state index contributed by atoms with van der Waals surface area (Å²) in [6.45, 7) is 1.74. The fraction of sp³-hybridized carbons (Fsp3) is 0.182. The number of hydrogen-bond acceptors (Lipinski definition) is 5. The van der Waals surface area contributed by atoms with Gasteiger partial charge in [0.1, 0.15) is 5.03 Å². The monoisotopic (exact) mass is 362 g/mol. The second-order valence-electron chi connectivity index (χ2n) is 3.60. The van der Waals surface area contributed by atoms with Crippen molar-refractivity contribution in [2.24, 2.45) is 0 Å². The van der Waals surface area contributed by atoms with Gasteiger partial charge >= 0.3 is 5.97 Å². The lowest BCUT2D eigenvalue weighted by molar-refractivity contribution is -0.136. The highest BCUT2D eigenvalue weighted by atomic mass is 79.9. The third-order valence-electron chi connectivity index (χ3n) is 2.14. The van der Waals surface area contributed by atoms with Crippen molar-refractivity contribution < 1.29 is 14.3 Å². The Morgan fingerprint density at radius 3 is 3.00 bits per heavy atom. The van der Waals surface area contributed by atoms with Crippen LogP contribution >= 0.6 is 39.0 Å². The molecular weight excluding hydrogens is 355 g/mol. The molecule has 0 radical (unpaired) electrons. The number of aliphatic carboxylic acids is 1. The van der Waals surface area contributed by atoms with E-state index in [-0.39, 0.29) is 11.4 Å². The summed E-state index contributed by atoms with van der Waals surface area (Å²) in [4.78, 5) is 19.5. The van der Waals surface area contributed by atoms with E-state index in [0.717, 1.165) is 11.8 Å². The fourth-order valence-electron chi connectivity index (χ4n) is 1.31. The summed E-state index contributed by atoms with van der Waals surface area (Å²) in [5.74, 6) is -1.34. The molecule has 0 atom stereocenters. The van der Waals surface area contributed by atoms with Crippen LogP contribution in [-0.4, -0.2) is 21.0 Å². The standard InChI is InChI=1S/C11H8BrFN2O2S2/c1-5-8(3-9(16)17)18-11(15-5)19-10-7(13)2-6(12)4-14-10/h2,4H,3H2,1H3,(H,16,17). The molecule has 0 unspecified atom stereocenters. The Labute approximate surface area is 125 Å². The maximum absolute atomic E-state index is 13.6. The molecule has 0 spiro atoms. The molecule has 0 bridgehead atoms. The molecule has 0 aliphatic carbocycles. The topological polar surface area (TPSA) is 63.1 Å². The van der Waals surface area contributed by atoms with Gasteiger partial charge in [0.05, 0.1) is 12.1 Å². The van der Waals surface area contributed by atoms with Gasteiger partial charge < -0.3 is 5.11 Å². The fourth-order valence-corrected chi connectivity index (χ4v) is 3.71. The zero-order valence-electron chi connectivity index (χ0n) is 9.68. The smallest absolute Gasteiger partial charge is 0.308 e. The van der Waals surface area contributed by atoms with Crippen LogP contribution in [-0.2, 0) is 11.2 Å². The van der Waals surface area contributed by atoms with Crippen molar-refractivity contribution >= 4 is 45.0 Å². The predicted octanol–water partition coefficient (Wildman–Crippen LogP) is 3.53. The van der Waals surface area contributed by atoms with Gasteiger partial charge in [-0.1, -0.05) is 0 Å². The summed E-state index contributed by atoms with van der Waals surface area (Å²) in [7, 11) is 0. The molecule has 19 heavy (non-hydrogen) atoms. The Morgan fingerprint density at radius 1 is 1.63 bits per heavy atom. The van der Waals surface area contributed by atoms with Gasteiger partial charge in [-0.25, -0.2) is 14.4 Å². The van der Waals surface area contributed by atoms with Gasteiger partial charge in [-0.3, -0.25) is 4.79 Å². The zero-order chi connectivity index (χ0) is 14.0. The zero-order valence-corrected chi connectivity index (χ0v) is 12.9. The molecule has 0 aliphatic rings. The van der Waals surface area contributed by atoms with E-state index in [1.165, 1.54) is 23.6 Å². The Morgan fingerprint density at radius 2 is 2.37 bits per heavy atom. The van der Waals surface area contributed by atoms with Gasteiger partial charge in [0, 0.05) is 15.5 Å². The number of carbonyl (C=O) groups is 1. The molecule has 2 aromatic rings. The number of halogens is 2. The van der Waals surface area contributed by atoms with Gasteiger partial charge in [0.25, 0.3) is 0 Å². The molecule has 4 nitrogen and oxygen atoms in total. The maximum atomic E-state index is 13.6. The summed E-state index contributed by atoms with van der Waals surface area (Å²) < 4.78 is 14.8. The Hall–Kier alpha value is -0.990. The summed E-state index contributed by atoms with van der Waals surface area (Å²) >= 11 is 5.48. The highest BCUT2D eigenvalue weighted by Crippen LogP contribution is 2.33. The van der Waals surface area contributed by atoms with E-state index in [9.17, 15) is 9.18 Å². The van der Waals surface area contributed by atoms with Crippen LogP contribution in [0.1, 0.15) is 10.6 Å². The molecule has 2 aromatic heterocycles. The minimum Gasteiger partial charge on any atom is -0.481 e. The van der Waals surface area contributed by atoms with Crippen LogP contribution < -0.4 is 0 Å². The van der Waals surface area contributed by atoms with Crippen LogP contribution in [0.2, 0.25) is 0 Å². The molecule has 2 heterocycles. The molecule has 2 rings (SSSR count). The average molecular weight is 363 g/mol. The normalized spacial score (nSPS) is 10.7. The van der Waals surface area contributed by atoms with Gasteiger partial charge in [-0.05, 0) is 40.7 Å². The van der Waals surface area contributed by atoms with Crippen molar-refractivity contribution in [1.82, 2.24) is 9.97 Å². The second kappa shape index (κ2) is 5.98. The van der Waals surface area contributed by atoms with Crippen molar-refractivity contribution in [3.05, 3.63) is 33.1 Å². The van der Waals surface area contributed by atoms with Gasteiger partial charge in [0.15, 0.2) is 10.2 Å². The van der Waals surface area contributed by atoms with Crippen LogP contribution in [0.25, 0.3) is 0 Å². The quantitative estimate of drug-likeness (QED) is 0.901. The molecular formula is C11H8BrFN2O2S2. The molecule has 0 aromatic carbocycles. The highest BCUT2D eigenvalue weighted by molar-refractivity contribution is 9.10. The average Bonchev–Trinajstić information content (AvgIpc) is 2.62. The van der Waals surface area contributed by atoms with Crippen LogP contribution in [0.15, 0.2) is 26.1 Å². The van der Waals surface area contributed by atoms with Crippen LogP contribution in [0.4, 0.5) is 4.39 Å². The van der Waals surface area contributed by atoms with E-state index in [1.807, 2.05) is 0 Å². The molecule has 100 valence electrons. The number of thiazole rings is 1. The van der Waals surface area contributed by atoms with Crippen molar-refractivity contribution in [1.29, 1.82) is 0 Å². The van der Waals surface area contributed by atoms with Gasteiger partial charge in [0.2, 0.25) is 0 Å². The summed E-state index contributed by atoms with van der Waals surface area (Å²) in [5.41, 5.74) is 0.660. The minimum absolute atomic E-state index is 0.0691. The number of carboxylic acid groups (broad SMARTS) is 1. The minimum atomic E-state index is -0.906. The van der Waals surface area contributed by atoms with E-state index in [0.29, 0.717) is 19.4 Å². The van der Waals surface area contributed by atoms with Gasteiger partial charge in [-0.15, -0.1) is 11.3 Å². The van der Waals surface area contributed by atoms with Crippen LogP contribution in [0.3, 0.4) is 0 Å². The van der Waals surface area contributed by atoms with Crippen molar-refractivity contribution in [2.75, 3.05) is 0 Å². The number of rotatable bonds is 4. The molecule has 0 amide bonds. The first-order valence-electron chi connectivity index (χ1n) is 5.12. The third-order valence-corrected chi connectivity index (χ3v) is 4.79. The van der Waals surface area contributed by atoms with Crippen LogP contribution in [0, 0.1) is 12.7 Å². The Bertz CT molecular complexity index is 633. The first kappa shape index (κ1) is 14.4. The number of carboxylic acids is 1. The van der Waals surface area contributed by atoms with Crippen molar-refractivity contribution in [3.8, 4) is 0 Å². The molecule has 1 N–H and O–H groups in total. The first-order chi connectivity index (χ1) is 8.95. The van der Waals surface area contributed by atoms with Crippen LogP contribution in [0.5, 0.6) is 0 Å². The maximum Gasteiger partial charge on any atom is 0.308 e. The van der Waals surface area contributed by atoms with Crippen molar-refractivity contribution in [3.63, 3.8) is 0 Å². The summed E-state index contributed by atoms with van der Waals surface area (Å²) in [5, 5.41) is 8.98. The van der Waals surface area contributed by atoms with E-state index >= 15 is 0 Å². The SMILES string of the molecule is Cc1nc(Sc2ncc(Br)cc2F)sc1CC(=O)O. The van der Waals surface area contributed by atoms with Gasteiger partial charge in [-0.2, -0.15) is 0 Å². The molecule has 0 saturated carbocycles. The van der Waals surface area contributed by atoms with E-state index in [2.05, 4.69) is 25.9 Å². The predicted molar refractivity (Wildman–Crippen MR) is 74.2 cm³/mol. The molecule has 0 fully saturated rings. The number of hydrogen-bond donors (Lipinski definition) is 1. The summed E-state index contributed by atoms with van der Waals surface area (Å²) in [6.07, 6.45) is 1.43. The Kier molecular flexibility index (Phi) is 4.54. The number of nitrogens with zero attached hydrogens (tertiary/aromatic N) is 2. The van der Waals surface area contributed by atoms with Crippen molar-refractivity contribution in [2.45, 2.75) is 22.7 Å². The van der Waals surface area contributed by atoms with E-state index in [4.69, 9.17) is 5.11 Å². The van der Waals surface area contributed by atoms with E-state index in [1.54, 1.807) is 6.92 Å². The third kappa shape index (κ3) is 3.74. The lowest BCUT2D eigenvalue weighted by atomic mass is 10.3. The molecule has 8 heteroatoms. The number of aryl methyl sites for hydroxylation is 1. The van der Waals surface area contributed by atoms with E-state index < -0.39 is 11.8 Å². The largest absolute Gasteiger partial charge is 0.481 e. The first-order valence-corrected chi connectivity index (χ1v) is 7.55. The number of aromatic nitrogens is 2. The molecule has 0 aliphatic heterocycles. The lowest BCUT2D eigenvalue weighted by Crippen LogP contribution is -1.99. The lowest BCUT2D eigenvalue weighted by Gasteiger charge is -1.98. The Balaban J connectivity index is 2.21.